The van der Waals surface area contributed by atoms with Gasteiger partial charge in [-0.1, -0.05) is 30.3 Å². The summed E-state index contributed by atoms with van der Waals surface area (Å²) in [6.45, 7) is 0. The predicted molar refractivity (Wildman–Crippen MR) is 85.7 cm³/mol. The predicted octanol–water partition coefficient (Wildman–Crippen LogP) is 3.45. The van der Waals surface area contributed by atoms with Crippen LogP contribution in [0.25, 0.3) is 22.1 Å². The van der Waals surface area contributed by atoms with E-state index in [4.69, 9.17) is 5.73 Å². The van der Waals surface area contributed by atoms with Gasteiger partial charge in [-0.15, -0.1) is 11.3 Å². The van der Waals surface area contributed by atoms with Crippen molar-refractivity contribution in [2.24, 2.45) is 0 Å². The van der Waals surface area contributed by atoms with E-state index in [-0.39, 0.29) is 0 Å². The summed E-state index contributed by atoms with van der Waals surface area (Å²) >= 11 is 3.68. The lowest BCUT2D eigenvalue weighted by Gasteiger charge is -2.07. The van der Waals surface area contributed by atoms with E-state index in [1.165, 1.54) is 11.3 Å². The minimum atomic E-state index is 0.486. The van der Waals surface area contributed by atoms with Crippen molar-refractivity contribution in [1.29, 1.82) is 0 Å². The molecule has 0 aliphatic rings. The number of thiazole rings is 1. The average molecular weight is 380 g/mol. The molecule has 0 fully saturated rings. The summed E-state index contributed by atoms with van der Waals surface area (Å²) in [6, 6.07) is 9.95. The van der Waals surface area contributed by atoms with Crippen molar-refractivity contribution in [3.63, 3.8) is 0 Å². The van der Waals surface area contributed by atoms with Gasteiger partial charge in [0.25, 0.3) is 0 Å². The molecule has 4 nitrogen and oxygen atoms in total. The molecule has 3 aromatic rings. The number of hydrogen-bond acceptors (Lipinski definition) is 5. The van der Waals surface area contributed by atoms with Gasteiger partial charge in [0.1, 0.15) is 5.82 Å². The third kappa shape index (κ3) is 2.45. The molecule has 0 bridgehead atoms. The van der Waals surface area contributed by atoms with Crippen molar-refractivity contribution in [2.45, 2.75) is 0 Å². The summed E-state index contributed by atoms with van der Waals surface area (Å²) in [5.74, 6) is 1.06. The lowest BCUT2D eigenvalue weighted by molar-refractivity contribution is 1.16. The fourth-order valence-electron chi connectivity index (χ4n) is 1.68. The molecular weight excluding hydrogens is 371 g/mol. The van der Waals surface area contributed by atoms with Gasteiger partial charge >= 0.3 is 0 Å². The van der Waals surface area contributed by atoms with Gasteiger partial charge in [-0.3, -0.25) is 0 Å². The normalized spacial score (nSPS) is 10.6. The van der Waals surface area contributed by atoms with Crippen LogP contribution < -0.4 is 5.73 Å². The molecule has 0 aliphatic heterocycles. The highest BCUT2D eigenvalue weighted by Crippen LogP contribution is 2.29. The van der Waals surface area contributed by atoms with Crippen molar-refractivity contribution in [1.82, 2.24) is 15.0 Å². The highest BCUT2D eigenvalue weighted by Gasteiger charge is 2.14. The Morgan fingerprint density at radius 2 is 1.89 bits per heavy atom. The molecule has 6 heteroatoms. The Bertz CT molecular complexity index is 698. The molecule has 1 aromatic carbocycles. The van der Waals surface area contributed by atoms with E-state index >= 15 is 0 Å². The molecule has 94 valence electrons. The zero-order valence-electron chi connectivity index (χ0n) is 9.75. The number of halogens is 1. The molecule has 0 saturated heterocycles. The van der Waals surface area contributed by atoms with E-state index in [2.05, 4.69) is 37.5 Å². The zero-order chi connectivity index (χ0) is 13.2. The molecule has 2 N–H and O–H groups in total. The Morgan fingerprint density at radius 1 is 1.11 bits per heavy atom. The molecule has 0 aliphatic carbocycles. The number of rotatable bonds is 2. The van der Waals surface area contributed by atoms with Gasteiger partial charge < -0.3 is 5.73 Å². The Hall–Kier alpha value is -1.54. The van der Waals surface area contributed by atoms with Gasteiger partial charge in [0.15, 0.2) is 10.8 Å². The lowest BCUT2D eigenvalue weighted by atomic mass is 10.1. The molecule has 0 atom stereocenters. The highest BCUT2D eigenvalue weighted by atomic mass is 127. The number of aromatic nitrogens is 3. The molecule has 0 spiro atoms. The van der Waals surface area contributed by atoms with Crippen molar-refractivity contribution in [2.75, 3.05) is 5.73 Å². The summed E-state index contributed by atoms with van der Waals surface area (Å²) < 4.78 is 0.865. The van der Waals surface area contributed by atoms with Crippen LogP contribution in [0.2, 0.25) is 0 Å². The lowest BCUT2D eigenvalue weighted by Crippen LogP contribution is -2.02. The van der Waals surface area contributed by atoms with Gasteiger partial charge in [0.2, 0.25) is 0 Å². The SMILES string of the molecule is Nc1nc(-c2nccs2)nc(-c2ccccc2)c1I. The zero-order valence-corrected chi connectivity index (χ0v) is 12.7. The molecule has 0 radical (unpaired) electrons. The van der Waals surface area contributed by atoms with Crippen LogP contribution in [-0.4, -0.2) is 15.0 Å². The highest BCUT2D eigenvalue weighted by molar-refractivity contribution is 14.1. The largest absolute Gasteiger partial charge is 0.383 e. The quantitative estimate of drug-likeness (QED) is 0.692. The summed E-state index contributed by atoms with van der Waals surface area (Å²) in [5, 5.41) is 2.68. The average Bonchev–Trinajstić information content (AvgIpc) is 2.97. The molecule has 19 heavy (non-hydrogen) atoms. The molecule has 2 heterocycles. The molecular formula is C13H9IN4S. The van der Waals surface area contributed by atoms with Gasteiger partial charge in [0.05, 0.1) is 9.26 Å². The monoisotopic (exact) mass is 380 g/mol. The number of hydrogen-bond donors (Lipinski definition) is 1. The second kappa shape index (κ2) is 5.22. The maximum absolute atomic E-state index is 5.98. The van der Waals surface area contributed by atoms with Crippen LogP contribution in [0, 0.1) is 3.57 Å². The van der Waals surface area contributed by atoms with Gasteiger partial charge in [-0.05, 0) is 22.6 Å². The fraction of sp³-hybridized carbons (Fsp3) is 0. The van der Waals surface area contributed by atoms with Crippen LogP contribution in [0.5, 0.6) is 0 Å². The van der Waals surface area contributed by atoms with Gasteiger partial charge in [-0.2, -0.15) is 0 Å². The van der Waals surface area contributed by atoms with Crippen molar-refractivity contribution in [3.8, 4) is 22.1 Å². The summed E-state index contributed by atoms with van der Waals surface area (Å²) in [5.41, 5.74) is 7.86. The Labute approximate surface area is 127 Å². The summed E-state index contributed by atoms with van der Waals surface area (Å²) in [4.78, 5) is 13.1. The van der Waals surface area contributed by atoms with Crippen molar-refractivity contribution < 1.29 is 0 Å². The molecule has 3 rings (SSSR count). The minimum Gasteiger partial charge on any atom is -0.383 e. The topological polar surface area (TPSA) is 64.7 Å². The second-order valence-electron chi connectivity index (χ2n) is 3.80. The minimum absolute atomic E-state index is 0.486. The fourth-order valence-corrected chi connectivity index (χ4v) is 2.80. The van der Waals surface area contributed by atoms with Crippen LogP contribution in [0.1, 0.15) is 0 Å². The van der Waals surface area contributed by atoms with Gasteiger partial charge in [0, 0.05) is 17.1 Å². The Balaban J connectivity index is 2.20. The van der Waals surface area contributed by atoms with Crippen molar-refractivity contribution in [3.05, 3.63) is 45.5 Å². The summed E-state index contributed by atoms with van der Waals surface area (Å²) in [6.07, 6.45) is 1.74. The molecule has 2 aromatic heterocycles. The maximum atomic E-state index is 5.98. The first-order valence-electron chi connectivity index (χ1n) is 5.54. The maximum Gasteiger partial charge on any atom is 0.191 e. The first kappa shape index (κ1) is 12.5. The Kier molecular flexibility index (Phi) is 3.43. The number of nitrogens with two attached hydrogens (primary N) is 1. The van der Waals surface area contributed by atoms with Crippen LogP contribution >= 0.6 is 33.9 Å². The first-order valence-corrected chi connectivity index (χ1v) is 7.50. The molecule has 0 saturated carbocycles. The number of nitrogen functional groups attached to an aromatic ring is 1. The Morgan fingerprint density at radius 3 is 2.58 bits per heavy atom. The molecule has 0 unspecified atom stereocenters. The van der Waals surface area contributed by atoms with Crippen LogP contribution in [0.15, 0.2) is 41.9 Å². The van der Waals surface area contributed by atoms with E-state index in [0.29, 0.717) is 11.6 Å². The van der Waals surface area contributed by atoms with Crippen LogP contribution in [-0.2, 0) is 0 Å². The van der Waals surface area contributed by atoms with E-state index in [0.717, 1.165) is 19.8 Å². The van der Waals surface area contributed by atoms with Crippen molar-refractivity contribution >= 4 is 39.7 Å². The number of benzene rings is 1. The first-order chi connectivity index (χ1) is 9.25. The van der Waals surface area contributed by atoms with E-state index in [9.17, 15) is 0 Å². The van der Waals surface area contributed by atoms with Gasteiger partial charge in [-0.25, -0.2) is 15.0 Å². The smallest absolute Gasteiger partial charge is 0.191 e. The van der Waals surface area contributed by atoms with E-state index < -0.39 is 0 Å². The standard InChI is InChI=1S/C13H9IN4S/c14-9-10(8-4-2-1-3-5-8)17-12(18-11(9)15)13-16-6-7-19-13/h1-7H,(H2,15,17,18). The summed E-state index contributed by atoms with van der Waals surface area (Å²) in [7, 11) is 0. The molecule has 0 amide bonds. The second-order valence-corrected chi connectivity index (χ2v) is 5.77. The third-order valence-corrected chi connectivity index (χ3v) is 4.38. The third-order valence-electron chi connectivity index (χ3n) is 2.55. The van der Waals surface area contributed by atoms with E-state index in [1.807, 2.05) is 35.7 Å². The number of anilines is 1. The number of nitrogens with zero attached hydrogens (tertiary/aromatic N) is 3. The van der Waals surface area contributed by atoms with Crippen LogP contribution in [0.3, 0.4) is 0 Å². The van der Waals surface area contributed by atoms with Crippen LogP contribution in [0.4, 0.5) is 5.82 Å². The van der Waals surface area contributed by atoms with E-state index in [1.54, 1.807) is 6.20 Å².